The van der Waals surface area contributed by atoms with Gasteiger partial charge < -0.3 is 14.8 Å². The third kappa shape index (κ3) is 6.19. The number of rotatable bonds is 8. The highest BCUT2D eigenvalue weighted by Crippen LogP contribution is 2.40. The lowest BCUT2D eigenvalue weighted by Crippen LogP contribution is -2.45. The van der Waals surface area contributed by atoms with Crippen molar-refractivity contribution in [3.63, 3.8) is 0 Å². The zero-order valence-electron chi connectivity index (χ0n) is 21.3. The maximum Gasteiger partial charge on any atom is 0.264 e. The lowest BCUT2D eigenvalue weighted by molar-refractivity contribution is -0.120. The Hall–Kier alpha value is -3.23. The van der Waals surface area contributed by atoms with Crippen molar-refractivity contribution >= 4 is 33.2 Å². The second-order valence-corrected chi connectivity index (χ2v) is 11.9. The summed E-state index contributed by atoms with van der Waals surface area (Å²) in [5.74, 6) is 0.891. The van der Waals surface area contributed by atoms with Gasteiger partial charge in [0.15, 0.2) is 0 Å². The number of nitrogens with zero attached hydrogens (tertiary/aromatic N) is 1. The molecule has 37 heavy (non-hydrogen) atoms. The summed E-state index contributed by atoms with van der Waals surface area (Å²) in [5, 5.41) is 3.47. The predicted octanol–water partition coefficient (Wildman–Crippen LogP) is 5.66. The summed E-state index contributed by atoms with van der Waals surface area (Å²) in [4.78, 5) is 13.4. The van der Waals surface area contributed by atoms with Crippen LogP contribution in [0.1, 0.15) is 44.4 Å². The summed E-state index contributed by atoms with van der Waals surface area (Å²) in [6, 6.07) is 18.0. The smallest absolute Gasteiger partial charge is 0.264 e. The number of amides is 1. The second kappa shape index (κ2) is 10.6. The first-order valence-electron chi connectivity index (χ1n) is 12.1. The molecule has 0 aromatic heterocycles. The Bertz CT molecular complexity index is 1370. The van der Waals surface area contributed by atoms with E-state index in [4.69, 9.17) is 21.1 Å². The van der Waals surface area contributed by atoms with Crippen molar-refractivity contribution in [1.82, 2.24) is 5.32 Å². The number of hydrogen-bond donors (Lipinski definition) is 1. The summed E-state index contributed by atoms with van der Waals surface area (Å²) in [7, 11) is -4.07. The number of sulfonamides is 1. The molecule has 196 valence electrons. The summed E-state index contributed by atoms with van der Waals surface area (Å²) >= 11 is 5.98. The molecular formula is C28H31ClN2O5S. The van der Waals surface area contributed by atoms with Crippen LogP contribution < -0.4 is 19.1 Å². The van der Waals surface area contributed by atoms with Gasteiger partial charge in [-0.1, -0.05) is 29.3 Å². The molecule has 0 bridgehead atoms. The molecule has 3 aromatic rings. The van der Waals surface area contributed by atoms with Gasteiger partial charge in [-0.15, -0.1) is 0 Å². The normalized spacial score (nSPS) is 16.3. The predicted molar refractivity (Wildman–Crippen MR) is 145 cm³/mol. The minimum absolute atomic E-state index is 0.0340. The molecule has 1 aliphatic heterocycles. The Kier molecular flexibility index (Phi) is 7.71. The monoisotopic (exact) mass is 542 g/mol. The molecule has 4 rings (SSSR count). The van der Waals surface area contributed by atoms with E-state index in [-0.39, 0.29) is 10.9 Å². The van der Waals surface area contributed by atoms with E-state index in [1.807, 2.05) is 45.9 Å². The Morgan fingerprint density at radius 2 is 1.78 bits per heavy atom. The van der Waals surface area contributed by atoms with Crippen LogP contribution in [0.15, 0.2) is 71.6 Å². The van der Waals surface area contributed by atoms with Gasteiger partial charge in [0.25, 0.3) is 10.0 Å². The molecule has 0 aliphatic carbocycles. The number of anilines is 1. The molecule has 1 heterocycles. The van der Waals surface area contributed by atoms with Crippen LogP contribution in [0.2, 0.25) is 5.02 Å². The molecule has 1 atom stereocenters. The number of aryl methyl sites for hydroxylation is 1. The van der Waals surface area contributed by atoms with Crippen molar-refractivity contribution in [3.8, 4) is 11.5 Å². The fourth-order valence-corrected chi connectivity index (χ4v) is 5.94. The van der Waals surface area contributed by atoms with Crippen LogP contribution in [0.4, 0.5) is 5.69 Å². The van der Waals surface area contributed by atoms with Crippen LogP contribution in [-0.4, -0.2) is 33.1 Å². The molecule has 0 fully saturated rings. The number of ether oxygens (including phenoxy) is 2. The highest BCUT2D eigenvalue weighted by molar-refractivity contribution is 7.92. The molecule has 0 saturated heterocycles. The van der Waals surface area contributed by atoms with Crippen LogP contribution >= 0.6 is 11.6 Å². The van der Waals surface area contributed by atoms with Gasteiger partial charge in [0.2, 0.25) is 5.91 Å². The van der Waals surface area contributed by atoms with Crippen molar-refractivity contribution in [2.24, 2.45) is 0 Å². The number of hydrogen-bond acceptors (Lipinski definition) is 5. The SMILES string of the molecule is CCOc1ccc(N(CC(=O)NC2CC(C)(C)Oc3ccc(C)cc32)S(=O)(=O)c2ccc(Cl)cc2)cc1. The molecule has 1 N–H and O–H groups in total. The van der Waals surface area contributed by atoms with Gasteiger partial charge in [-0.2, -0.15) is 0 Å². The van der Waals surface area contributed by atoms with Gasteiger partial charge in [0, 0.05) is 17.0 Å². The number of carbonyl (C=O) groups excluding carboxylic acids is 1. The molecule has 0 saturated carbocycles. The van der Waals surface area contributed by atoms with Crippen LogP contribution in [0.5, 0.6) is 11.5 Å². The van der Waals surface area contributed by atoms with E-state index >= 15 is 0 Å². The number of carbonyl (C=O) groups is 1. The zero-order chi connectivity index (χ0) is 26.8. The minimum atomic E-state index is -4.07. The van der Waals surface area contributed by atoms with Gasteiger partial charge in [-0.25, -0.2) is 8.42 Å². The standard InChI is InChI=1S/C28H31ClN2O5S/c1-5-35-22-11-9-21(10-12-22)31(37(33,34)23-13-7-20(29)8-14-23)18-27(32)30-25-17-28(3,4)36-26-15-6-19(2)16-24(25)26/h6-16,25H,5,17-18H2,1-4H3,(H,30,32). The molecule has 1 unspecified atom stereocenters. The lowest BCUT2D eigenvalue weighted by Gasteiger charge is -2.38. The Morgan fingerprint density at radius 1 is 1.11 bits per heavy atom. The van der Waals surface area contributed by atoms with Gasteiger partial charge >= 0.3 is 0 Å². The third-order valence-electron chi connectivity index (χ3n) is 6.08. The van der Waals surface area contributed by atoms with Crippen molar-refractivity contribution in [3.05, 3.63) is 82.9 Å². The molecule has 3 aromatic carbocycles. The summed E-state index contributed by atoms with van der Waals surface area (Å²) in [6.45, 7) is 7.85. The average molecular weight is 543 g/mol. The highest BCUT2D eigenvalue weighted by Gasteiger charge is 2.35. The first kappa shape index (κ1) is 26.8. The lowest BCUT2D eigenvalue weighted by atomic mass is 9.89. The van der Waals surface area contributed by atoms with E-state index in [9.17, 15) is 13.2 Å². The van der Waals surface area contributed by atoms with E-state index < -0.39 is 28.1 Å². The zero-order valence-corrected chi connectivity index (χ0v) is 22.9. The van der Waals surface area contributed by atoms with Gasteiger partial charge in [-0.05, 0) is 82.3 Å². The molecular weight excluding hydrogens is 512 g/mol. The molecule has 7 nitrogen and oxygen atoms in total. The summed E-state index contributed by atoms with van der Waals surface area (Å²) < 4.78 is 40.1. The van der Waals surface area contributed by atoms with Gasteiger partial charge in [0.1, 0.15) is 23.6 Å². The van der Waals surface area contributed by atoms with E-state index in [2.05, 4.69) is 5.32 Å². The summed E-state index contributed by atoms with van der Waals surface area (Å²) in [6.07, 6.45) is 0.544. The van der Waals surface area contributed by atoms with E-state index in [0.717, 1.165) is 15.4 Å². The first-order chi connectivity index (χ1) is 17.5. The van der Waals surface area contributed by atoms with Crippen molar-refractivity contribution in [2.45, 2.75) is 50.7 Å². The molecule has 0 radical (unpaired) electrons. The number of halogens is 1. The minimum Gasteiger partial charge on any atom is -0.494 e. The quantitative estimate of drug-likeness (QED) is 0.397. The van der Waals surface area contributed by atoms with Crippen molar-refractivity contribution < 1.29 is 22.7 Å². The van der Waals surface area contributed by atoms with Gasteiger partial charge in [-0.3, -0.25) is 9.10 Å². The van der Waals surface area contributed by atoms with E-state index in [1.165, 1.54) is 24.3 Å². The third-order valence-corrected chi connectivity index (χ3v) is 8.12. The van der Waals surface area contributed by atoms with Crippen LogP contribution in [0, 0.1) is 6.92 Å². The van der Waals surface area contributed by atoms with Crippen LogP contribution in [0.25, 0.3) is 0 Å². The topological polar surface area (TPSA) is 84.9 Å². The van der Waals surface area contributed by atoms with E-state index in [1.54, 1.807) is 24.3 Å². The van der Waals surface area contributed by atoms with Crippen molar-refractivity contribution in [2.75, 3.05) is 17.5 Å². The number of benzene rings is 3. The average Bonchev–Trinajstić information content (AvgIpc) is 2.83. The van der Waals surface area contributed by atoms with E-state index in [0.29, 0.717) is 35.2 Å². The number of fused-ring (bicyclic) bond motifs is 1. The Morgan fingerprint density at radius 3 is 2.43 bits per heavy atom. The molecule has 1 aliphatic rings. The largest absolute Gasteiger partial charge is 0.494 e. The first-order valence-corrected chi connectivity index (χ1v) is 13.9. The fraction of sp³-hybridized carbons (Fsp3) is 0.321. The van der Waals surface area contributed by atoms with Crippen LogP contribution in [-0.2, 0) is 14.8 Å². The summed E-state index contributed by atoms with van der Waals surface area (Å²) in [5.41, 5.74) is 1.77. The Balaban J connectivity index is 1.65. The van der Waals surface area contributed by atoms with Crippen LogP contribution in [0.3, 0.4) is 0 Å². The molecule has 0 spiro atoms. The highest BCUT2D eigenvalue weighted by atomic mass is 35.5. The number of nitrogens with one attached hydrogen (secondary N) is 1. The molecule has 9 heteroatoms. The fourth-order valence-electron chi connectivity index (χ4n) is 4.40. The maximum absolute atomic E-state index is 13.7. The maximum atomic E-state index is 13.7. The molecule has 1 amide bonds. The van der Waals surface area contributed by atoms with Gasteiger partial charge in [0.05, 0.1) is 23.2 Å². The second-order valence-electron chi connectivity index (χ2n) is 9.62. The Labute approximate surface area is 223 Å². The van der Waals surface area contributed by atoms with Crippen molar-refractivity contribution in [1.29, 1.82) is 0 Å².